The number of allylic oxidation sites excluding steroid dienone is 1. The molecule has 0 radical (unpaired) electrons. The molecule has 1 aromatic carbocycles. The summed E-state index contributed by atoms with van der Waals surface area (Å²) in [6.45, 7) is 4.25. The highest BCUT2D eigenvalue weighted by atomic mass is 33.1. The van der Waals surface area contributed by atoms with Crippen LogP contribution in [0.15, 0.2) is 35.0 Å². The molecule has 4 aliphatic carbocycles. The summed E-state index contributed by atoms with van der Waals surface area (Å²) in [5, 5.41) is 90.7. The average Bonchev–Trinajstić information content (AvgIpc) is 3.99. The summed E-state index contributed by atoms with van der Waals surface area (Å²) in [5.41, 5.74) is -6.00. The van der Waals surface area contributed by atoms with Crippen molar-refractivity contribution in [2.24, 2.45) is 29.1 Å². The van der Waals surface area contributed by atoms with Gasteiger partial charge in [0.2, 0.25) is 12.0 Å². The number of hydrogen-bond acceptors (Lipinski definition) is 16. The van der Waals surface area contributed by atoms with E-state index in [0.29, 0.717) is 35.4 Å². The van der Waals surface area contributed by atoms with Gasteiger partial charge in [-0.15, -0.1) is 0 Å². The van der Waals surface area contributed by atoms with Crippen molar-refractivity contribution in [1.82, 2.24) is 5.32 Å². The summed E-state index contributed by atoms with van der Waals surface area (Å²) in [5.74, 6) is -2.56. The van der Waals surface area contributed by atoms with Crippen molar-refractivity contribution in [3.63, 3.8) is 0 Å². The number of esters is 1. The summed E-state index contributed by atoms with van der Waals surface area (Å²) in [6, 6.07) is 3.61. The smallest absolute Gasteiger partial charge is 0.306 e. The molecule has 15 atom stereocenters. The third-order valence-corrected chi connectivity index (χ3v) is 19.8. The minimum Gasteiger partial charge on any atom is -0.485 e. The lowest BCUT2D eigenvalue weighted by Gasteiger charge is -2.67. The van der Waals surface area contributed by atoms with Crippen LogP contribution in [0.25, 0.3) is 11.0 Å². The molecule has 0 amide bonds. The van der Waals surface area contributed by atoms with Gasteiger partial charge in [-0.05, 0) is 106 Å². The number of furan rings is 1. The first-order valence-corrected chi connectivity index (χ1v) is 25.7. The van der Waals surface area contributed by atoms with Crippen molar-refractivity contribution in [2.75, 3.05) is 32.1 Å². The molecule has 7 aliphatic rings. The SMILES string of the molecule is CCOC(=O)CCc1cc2ccoc2c2c1OC1OC3(CSSC4(CCC5(CCCC5O)C4)C(CCC(C)CCCC3O)NCCO2)C2(O)CC3C=CC(O)C(CO)C3C1(O)C2O. The zero-order valence-corrected chi connectivity index (χ0v) is 38.1. The zero-order chi connectivity index (χ0) is 44.4. The molecule has 2 aromatic rings. The Labute approximate surface area is 377 Å². The molecule has 8 N–H and O–H groups in total. The molecular formula is C47H67NO13S2. The number of carbonyl (C=O) groups excluding carboxylic acids is 1. The molecule has 2 saturated heterocycles. The second-order valence-electron chi connectivity index (χ2n) is 20.0. The van der Waals surface area contributed by atoms with E-state index in [1.54, 1.807) is 35.9 Å². The van der Waals surface area contributed by atoms with Crippen LogP contribution in [0.2, 0.25) is 0 Å². The molecular weight excluding hydrogens is 851 g/mol. The molecule has 5 bridgehead atoms. The monoisotopic (exact) mass is 917 g/mol. The topological polar surface area (TPSA) is 221 Å². The first kappa shape index (κ1) is 46.0. The minimum absolute atomic E-state index is 0.00531. The number of nitrogens with one attached hydrogen (secondary N) is 1. The fourth-order valence-corrected chi connectivity index (χ4v) is 17.1. The van der Waals surface area contributed by atoms with Crippen LogP contribution < -0.4 is 14.8 Å². The van der Waals surface area contributed by atoms with E-state index < -0.39 is 77.8 Å². The summed E-state index contributed by atoms with van der Waals surface area (Å²) in [6.07, 6.45) is 6.79. The molecule has 15 unspecified atom stereocenters. The zero-order valence-electron chi connectivity index (χ0n) is 36.5. The van der Waals surface area contributed by atoms with Gasteiger partial charge in [0.15, 0.2) is 16.9 Å². The number of ether oxygens (including phenoxy) is 4. The minimum atomic E-state index is -2.47. The lowest BCUT2D eigenvalue weighted by atomic mass is 9.50. The van der Waals surface area contributed by atoms with Gasteiger partial charge in [-0.25, -0.2) is 0 Å². The number of carbonyl (C=O) groups is 1. The molecule has 3 saturated carbocycles. The Hall–Kier alpha value is -2.09. The summed E-state index contributed by atoms with van der Waals surface area (Å²) < 4.78 is 31.9. The lowest BCUT2D eigenvalue weighted by Crippen LogP contribution is -2.86. The van der Waals surface area contributed by atoms with E-state index in [-0.39, 0.29) is 72.4 Å². The second kappa shape index (κ2) is 17.9. The molecule has 63 heavy (non-hydrogen) atoms. The van der Waals surface area contributed by atoms with Crippen molar-refractivity contribution in [2.45, 2.75) is 162 Å². The maximum Gasteiger partial charge on any atom is 0.306 e. The Morgan fingerprint density at radius 3 is 2.60 bits per heavy atom. The van der Waals surface area contributed by atoms with E-state index in [2.05, 4.69) is 12.2 Å². The predicted octanol–water partition coefficient (Wildman–Crippen LogP) is 4.55. The molecule has 1 aromatic heterocycles. The number of aliphatic hydroxyl groups is 7. The van der Waals surface area contributed by atoms with E-state index in [4.69, 9.17) is 23.4 Å². The third kappa shape index (κ3) is 7.66. The van der Waals surface area contributed by atoms with Crippen LogP contribution >= 0.6 is 21.6 Å². The number of hydrogen-bond donors (Lipinski definition) is 8. The molecule has 3 spiro atoms. The Morgan fingerprint density at radius 1 is 1.00 bits per heavy atom. The molecule has 9 rings (SSSR count). The maximum absolute atomic E-state index is 13.4. The third-order valence-electron chi connectivity index (χ3n) is 16.5. The predicted molar refractivity (Wildman–Crippen MR) is 237 cm³/mol. The van der Waals surface area contributed by atoms with Crippen LogP contribution in [-0.2, 0) is 20.7 Å². The van der Waals surface area contributed by atoms with Crippen molar-refractivity contribution >= 4 is 38.5 Å². The van der Waals surface area contributed by atoms with Gasteiger partial charge in [-0.2, -0.15) is 0 Å². The first-order valence-electron chi connectivity index (χ1n) is 23.4. The van der Waals surface area contributed by atoms with Gasteiger partial charge in [0.1, 0.15) is 23.9 Å². The van der Waals surface area contributed by atoms with Gasteiger partial charge >= 0.3 is 5.97 Å². The van der Waals surface area contributed by atoms with Gasteiger partial charge in [-0.3, -0.25) is 4.79 Å². The van der Waals surface area contributed by atoms with Crippen molar-refractivity contribution in [1.29, 1.82) is 0 Å². The standard InChI is InChI=1S/C47H67NO13S2/c1-3-57-36(53)14-11-28-22-29-15-20-58-38(29)40-39(28)60-42-47(56)37-30(10-12-32(50)31(37)24-49)23-45(55,41(47)54)46(61-42)26-62-63-44(18-17-43(25-44)16-5-8-34(43)51)33(48-19-21-59-40)13-9-27(2)6-4-7-35(46)52/h10,12,15,20,22,27,30-35,37,41-42,48-52,54-56H,3-9,11,13-14,16-19,21,23-26H2,1-2H3. The fourth-order valence-electron chi connectivity index (χ4n) is 13.1. The fraction of sp³-hybridized carbons (Fsp3) is 0.766. The Kier molecular flexibility index (Phi) is 13.0. The molecule has 350 valence electrons. The Balaban J connectivity index is 1.24. The van der Waals surface area contributed by atoms with Crippen molar-refractivity contribution < 1.29 is 63.9 Å². The molecule has 14 nitrogen and oxygen atoms in total. The Morgan fingerprint density at radius 2 is 1.83 bits per heavy atom. The van der Waals surface area contributed by atoms with E-state index in [1.807, 2.05) is 6.07 Å². The normalized spacial score (nSPS) is 44.2. The van der Waals surface area contributed by atoms with E-state index in [9.17, 15) is 40.5 Å². The van der Waals surface area contributed by atoms with Gasteiger partial charge in [0.05, 0.1) is 31.2 Å². The summed E-state index contributed by atoms with van der Waals surface area (Å²) in [4.78, 5) is 12.9. The van der Waals surface area contributed by atoms with Crippen LogP contribution in [0.4, 0.5) is 0 Å². The number of fused-ring (bicyclic) bond motifs is 11. The largest absolute Gasteiger partial charge is 0.485 e. The quantitative estimate of drug-likeness (QED) is 0.117. The van der Waals surface area contributed by atoms with Crippen molar-refractivity contribution in [3.05, 3.63) is 36.1 Å². The number of rotatable bonds is 5. The average molecular weight is 918 g/mol. The van der Waals surface area contributed by atoms with Gasteiger partial charge < -0.3 is 64.4 Å². The number of aliphatic hydroxyl groups excluding tert-OH is 5. The van der Waals surface area contributed by atoms with Crippen LogP contribution in [0.1, 0.15) is 103 Å². The Bertz CT molecular complexity index is 2000. The van der Waals surface area contributed by atoms with E-state index in [0.717, 1.165) is 57.8 Å². The molecule has 4 heterocycles. The van der Waals surface area contributed by atoms with Crippen molar-refractivity contribution in [3.8, 4) is 11.5 Å². The van der Waals surface area contributed by atoms with Crippen LogP contribution in [0, 0.1) is 29.1 Å². The maximum atomic E-state index is 13.4. The summed E-state index contributed by atoms with van der Waals surface area (Å²) >= 11 is 0. The lowest BCUT2D eigenvalue weighted by molar-refractivity contribution is -0.424. The summed E-state index contributed by atoms with van der Waals surface area (Å²) in [7, 11) is 3.21. The van der Waals surface area contributed by atoms with Gasteiger partial charge in [0, 0.05) is 53.3 Å². The highest BCUT2D eigenvalue weighted by Crippen LogP contribution is 2.65. The first-order chi connectivity index (χ1) is 30.2. The number of aryl methyl sites for hydroxylation is 1. The highest BCUT2D eigenvalue weighted by Gasteiger charge is 2.78. The van der Waals surface area contributed by atoms with Crippen LogP contribution in [-0.4, -0.2) is 132 Å². The van der Waals surface area contributed by atoms with Gasteiger partial charge in [-0.1, -0.05) is 59.9 Å². The second-order valence-corrected chi connectivity index (χ2v) is 22.7. The molecule has 16 heteroatoms. The van der Waals surface area contributed by atoms with E-state index in [1.165, 1.54) is 17.1 Å². The van der Waals surface area contributed by atoms with E-state index >= 15 is 0 Å². The molecule has 5 fully saturated rings. The van der Waals surface area contributed by atoms with Gasteiger partial charge in [0.25, 0.3) is 0 Å². The van der Waals surface area contributed by atoms with Crippen LogP contribution in [0.5, 0.6) is 11.5 Å². The molecule has 3 aliphatic heterocycles. The highest BCUT2D eigenvalue weighted by molar-refractivity contribution is 8.77. The number of benzene rings is 1. The van der Waals surface area contributed by atoms with Crippen LogP contribution in [0.3, 0.4) is 0 Å².